The molecule has 0 aromatic carbocycles. The summed E-state index contributed by atoms with van der Waals surface area (Å²) in [5.74, 6) is 0.0816. The van der Waals surface area contributed by atoms with Crippen molar-refractivity contribution in [2.75, 3.05) is 40.0 Å². The average molecular weight is 506 g/mol. The fourth-order valence-corrected chi connectivity index (χ4v) is 4.67. The van der Waals surface area contributed by atoms with Crippen LogP contribution in [0.25, 0.3) is 0 Å². The van der Waals surface area contributed by atoms with Gasteiger partial charge in [0.15, 0.2) is 0 Å². The summed E-state index contributed by atoms with van der Waals surface area (Å²) in [4.78, 5) is 21.4. The first-order valence-electron chi connectivity index (χ1n) is 14.1. The van der Waals surface area contributed by atoms with Gasteiger partial charge in [0.25, 0.3) is 0 Å². The fraction of sp³-hybridized carbons (Fsp3) is 0.963. The van der Waals surface area contributed by atoms with Crippen LogP contribution in [0.1, 0.15) is 123 Å². The van der Waals surface area contributed by atoms with Gasteiger partial charge in [-0.2, -0.15) is 0 Å². The standard InChI is InChI=1S/C27H56NO5P/c1-4-5-6-7-8-9-10-11-12-13-14-15-16-18-21-31-24-27(23-26(2)29)25-33-34(30)32-22-19-17-20-28-3/h27-28,30H,4-25H2,1-3H3. The molecule has 2 atom stereocenters. The van der Waals surface area contributed by atoms with E-state index in [0.717, 1.165) is 32.4 Å². The molecule has 0 aromatic rings. The summed E-state index contributed by atoms with van der Waals surface area (Å²) in [6.45, 7) is 6.78. The molecule has 7 heteroatoms. The monoisotopic (exact) mass is 505 g/mol. The summed E-state index contributed by atoms with van der Waals surface area (Å²) in [6.07, 6.45) is 21.1. The summed E-state index contributed by atoms with van der Waals surface area (Å²) in [6, 6.07) is 0. The Labute approximate surface area is 212 Å². The zero-order valence-electron chi connectivity index (χ0n) is 22.7. The smallest absolute Gasteiger partial charge is 0.329 e. The maximum Gasteiger partial charge on any atom is 0.329 e. The van der Waals surface area contributed by atoms with Crippen molar-refractivity contribution >= 4 is 14.4 Å². The molecule has 0 rings (SSSR count). The summed E-state index contributed by atoms with van der Waals surface area (Å²) in [5.41, 5.74) is 0. The number of carbonyl (C=O) groups excluding carboxylic acids is 1. The van der Waals surface area contributed by atoms with Crippen molar-refractivity contribution in [1.29, 1.82) is 0 Å². The quantitative estimate of drug-likeness (QED) is 0.0856. The Hall–Kier alpha value is -0.100. The van der Waals surface area contributed by atoms with Crippen LogP contribution in [0.4, 0.5) is 0 Å². The molecular weight excluding hydrogens is 449 g/mol. The molecule has 0 aliphatic heterocycles. The van der Waals surface area contributed by atoms with Gasteiger partial charge in [0.2, 0.25) is 0 Å². The van der Waals surface area contributed by atoms with E-state index < -0.39 is 8.60 Å². The lowest BCUT2D eigenvalue weighted by atomic mass is 10.0. The highest BCUT2D eigenvalue weighted by Gasteiger charge is 2.16. The Morgan fingerprint density at radius 2 is 1.29 bits per heavy atom. The van der Waals surface area contributed by atoms with E-state index in [4.69, 9.17) is 13.8 Å². The number of ether oxygens (including phenoxy) is 1. The average Bonchev–Trinajstić information content (AvgIpc) is 2.81. The molecular formula is C27H56NO5P. The molecule has 0 fully saturated rings. The van der Waals surface area contributed by atoms with Crippen LogP contribution in [0.2, 0.25) is 0 Å². The molecule has 0 spiro atoms. The van der Waals surface area contributed by atoms with E-state index >= 15 is 0 Å². The van der Waals surface area contributed by atoms with E-state index in [1.807, 2.05) is 7.05 Å². The minimum Gasteiger partial charge on any atom is -0.381 e. The lowest BCUT2D eigenvalue weighted by Gasteiger charge is -2.18. The van der Waals surface area contributed by atoms with Crippen LogP contribution in [0.15, 0.2) is 0 Å². The van der Waals surface area contributed by atoms with Gasteiger partial charge in [0.05, 0.1) is 19.8 Å². The highest BCUT2D eigenvalue weighted by atomic mass is 31.2. The number of hydrogen-bond donors (Lipinski definition) is 2. The molecule has 2 unspecified atom stereocenters. The van der Waals surface area contributed by atoms with Gasteiger partial charge in [-0.05, 0) is 39.8 Å². The van der Waals surface area contributed by atoms with Crippen LogP contribution in [0.5, 0.6) is 0 Å². The molecule has 0 aromatic heterocycles. The van der Waals surface area contributed by atoms with Gasteiger partial charge in [-0.15, -0.1) is 0 Å². The Morgan fingerprint density at radius 3 is 1.82 bits per heavy atom. The highest BCUT2D eigenvalue weighted by molar-refractivity contribution is 7.40. The Balaban J connectivity index is 3.58. The van der Waals surface area contributed by atoms with Crippen molar-refractivity contribution in [3.63, 3.8) is 0 Å². The number of unbranched alkanes of at least 4 members (excludes halogenated alkanes) is 14. The molecule has 0 saturated heterocycles. The van der Waals surface area contributed by atoms with E-state index in [2.05, 4.69) is 12.2 Å². The van der Waals surface area contributed by atoms with Crippen molar-refractivity contribution in [1.82, 2.24) is 5.32 Å². The molecule has 34 heavy (non-hydrogen) atoms. The summed E-state index contributed by atoms with van der Waals surface area (Å²) >= 11 is 0. The first-order valence-corrected chi connectivity index (χ1v) is 15.2. The van der Waals surface area contributed by atoms with Crippen LogP contribution in [-0.4, -0.2) is 50.7 Å². The maximum absolute atomic E-state index is 11.5. The van der Waals surface area contributed by atoms with Gasteiger partial charge in [-0.3, -0.25) is 0 Å². The van der Waals surface area contributed by atoms with E-state index in [1.54, 1.807) is 6.92 Å². The number of carbonyl (C=O) groups is 1. The summed E-state index contributed by atoms with van der Waals surface area (Å²) in [5, 5.41) is 3.08. The van der Waals surface area contributed by atoms with Gasteiger partial charge in [0, 0.05) is 18.9 Å². The molecule has 6 nitrogen and oxygen atoms in total. The summed E-state index contributed by atoms with van der Waals surface area (Å²) < 4.78 is 16.6. The third kappa shape index (κ3) is 26.5. The van der Waals surface area contributed by atoms with Crippen molar-refractivity contribution < 1.29 is 23.5 Å². The molecule has 0 aliphatic rings. The lowest BCUT2D eigenvalue weighted by molar-refractivity contribution is -0.118. The lowest BCUT2D eigenvalue weighted by Crippen LogP contribution is -2.19. The van der Waals surface area contributed by atoms with Gasteiger partial charge in [-0.1, -0.05) is 90.4 Å². The van der Waals surface area contributed by atoms with Crippen molar-refractivity contribution in [3.8, 4) is 0 Å². The van der Waals surface area contributed by atoms with Crippen molar-refractivity contribution in [3.05, 3.63) is 0 Å². The molecule has 0 saturated carbocycles. The molecule has 0 heterocycles. The topological polar surface area (TPSA) is 77.0 Å². The number of hydrogen-bond acceptors (Lipinski definition) is 6. The Kier molecular flexibility index (Phi) is 27.4. The van der Waals surface area contributed by atoms with Gasteiger partial charge in [0.1, 0.15) is 5.78 Å². The van der Waals surface area contributed by atoms with Crippen LogP contribution in [0, 0.1) is 5.92 Å². The van der Waals surface area contributed by atoms with Crippen LogP contribution in [-0.2, 0) is 18.6 Å². The zero-order valence-corrected chi connectivity index (χ0v) is 23.6. The van der Waals surface area contributed by atoms with E-state index in [1.165, 1.54) is 83.5 Å². The van der Waals surface area contributed by atoms with Crippen LogP contribution >= 0.6 is 8.60 Å². The third-order valence-electron chi connectivity index (χ3n) is 6.02. The molecule has 0 amide bonds. The predicted octanol–water partition coefficient (Wildman–Crippen LogP) is 7.33. The minimum atomic E-state index is -1.89. The van der Waals surface area contributed by atoms with Crippen molar-refractivity contribution in [2.45, 2.75) is 123 Å². The highest BCUT2D eigenvalue weighted by Crippen LogP contribution is 2.33. The fourth-order valence-electron chi connectivity index (χ4n) is 3.97. The number of nitrogens with one attached hydrogen (secondary N) is 1. The molecule has 204 valence electrons. The first-order chi connectivity index (χ1) is 16.6. The van der Waals surface area contributed by atoms with E-state index in [9.17, 15) is 9.69 Å². The minimum absolute atomic E-state index is 0.0332. The van der Waals surface area contributed by atoms with Gasteiger partial charge >= 0.3 is 8.60 Å². The first kappa shape index (κ1) is 33.9. The van der Waals surface area contributed by atoms with E-state index in [0.29, 0.717) is 19.6 Å². The van der Waals surface area contributed by atoms with Crippen LogP contribution < -0.4 is 5.32 Å². The van der Waals surface area contributed by atoms with E-state index in [-0.39, 0.29) is 18.3 Å². The Morgan fingerprint density at radius 1 is 0.765 bits per heavy atom. The predicted molar refractivity (Wildman–Crippen MR) is 144 cm³/mol. The zero-order chi connectivity index (χ0) is 25.1. The SMILES string of the molecule is CCCCCCCCCCCCCCCCOCC(COP(O)OCCCCNC)CC(C)=O. The van der Waals surface area contributed by atoms with Crippen LogP contribution in [0.3, 0.4) is 0 Å². The Bertz CT molecular complexity index is 428. The number of ketones is 1. The normalized spacial score (nSPS) is 13.3. The number of Topliss-reactive ketones (excluding diaryl/α,β-unsaturated/α-hetero) is 1. The molecule has 0 radical (unpaired) electrons. The summed E-state index contributed by atoms with van der Waals surface area (Å²) in [7, 11) is 0.0306. The molecule has 2 N–H and O–H groups in total. The van der Waals surface area contributed by atoms with Gasteiger partial charge < -0.3 is 28.8 Å². The second-order valence-electron chi connectivity index (χ2n) is 9.62. The largest absolute Gasteiger partial charge is 0.381 e. The van der Waals surface area contributed by atoms with Crippen molar-refractivity contribution in [2.24, 2.45) is 5.92 Å². The number of rotatable bonds is 28. The maximum atomic E-state index is 11.5. The third-order valence-corrected chi connectivity index (χ3v) is 6.79. The molecule has 0 bridgehead atoms. The molecule has 0 aliphatic carbocycles. The second kappa shape index (κ2) is 27.5. The van der Waals surface area contributed by atoms with Gasteiger partial charge in [-0.25, -0.2) is 0 Å². The second-order valence-corrected chi connectivity index (χ2v) is 10.6.